The zero-order valence-corrected chi connectivity index (χ0v) is 10.2. The molecule has 0 saturated carbocycles. The molecule has 2 amide bonds. The molecule has 19 heavy (non-hydrogen) atoms. The van der Waals surface area contributed by atoms with Crippen molar-refractivity contribution in [2.45, 2.75) is 18.6 Å². The second kappa shape index (κ2) is 6.71. The van der Waals surface area contributed by atoms with Gasteiger partial charge in [0.15, 0.2) is 0 Å². The summed E-state index contributed by atoms with van der Waals surface area (Å²) in [6.07, 6.45) is -4.62. The van der Waals surface area contributed by atoms with Gasteiger partial charge in [0.2, 0.25) is 11.8 Å². The van der Waals surface area contributed by atoms with Gasteiger partial charge in [-0.1, -0.05) is 0 Å². The highest BCUT2D eigenvalue weighted by molar-refractivity contribution is 5.87. The Bertz CT molecular complexity index is 336. The van der Waals surface area contributed by atoms with Gasteiger partial charge in [0.1, 0.15) is 12.6 Å². The van der Waals surface area contributed by atoms with Crippen molar-refractivity contribution in [3.63, 3.8) is 0 Å². The molecule has 1 saturated heterocycles. The number of amides is 2. The molecule has 0 bridgehead atoms. The lowest BCUT2D eigenvalue weighted by Crippen LogP contribution is -2.58. The molecule has 3 N–H and O–H groups in total. The van der Waals surface area contributed by atoms with E-state index in [0.717, 1.165) is 0 Å². The Morgan fingerprint density at radius 1 is 1.42 bits per heavy atom. The standard InChI is InChI=1S/C10H16F3N3O3/c11-10(12,13)6-19-4-1-8(17)16-3-2-15-5-7(16)9(14)18/h7,15H,1-6H2,(H2,14,18). The first-order valence-electron chi connectivity index (χ1n) is 5.75. The summed E-state index contributed by atoms with van der Waals surface area (Å²) in [6.45, 7) is -0.663. The fourth-order valence-electron chi connectivity index (χ4n) is 1.75. The van der Waals surface area contributed by atoms with Gasteiger partial charge in [0, 0.05) is 19.6 Å². The Morgan fingerprint density at radius 2 is 2.11 bits per heavy atom. The van der Waals surface area contributed by atoms with Crippen molar-refractivity contribution >= 4 is 11.8 Å². The summed E-state index contributed by atoms with van der Waals surface area (Å²) >= 11 is 0. The van der Waals surface area contributed by atoms with Gasteiger partial charge >= 0.3 is 6.18 Å². The fraction of sp³-hybridized carbons (Fsp3) is 0.800. The van der Waals surface area contributed by atoms with Crippen LogP contribution in [0.25, 0.3) is 0 Å². The predicted octanol–water partition coefficient (Wildman–Crippen LogP) is -0.759. The van der Waals surface area contributed by atoms with E-state index in [1.165, 1.54) is 4.90 Å². The number of halogens is 3. The van der Waals surface area contributed by atoms with Crippen LogP contribution >= 0.6 is 0 Å². The van der Waals surface area contributed by atoms with Crippen molar-refractivity contribution < 1.29 is 27.5 Å². The van der Waals surface area contributed by atoms with Crippen LogP contribution in [0.2, 0.25) is 0 Å². The minimum absolute atomic E-state index is 0.208. The second-order valence-corrected chi connectivity index (χ2v) is 4.13. The van der Waals surface area contributed by atoms with Gasteiger partial charge in [-0.2, -0.15) is 13.2 Å². The van der Waals surface area contributed by atoms with E-state index in [2.05, 4.69) is 10.1 Å². The van der Waals surface area contributed by atoms with E-state index in [0.29, 0.717) is 13.1 Å². The van der Waals surface area contributed by atoms with Gasteiger partial charge in [0.25, 0.3) is 0 Å². The van der Waals surface area contributed by atoms with E-state index in [-0.39, 0.29) is 19.6 Å². The van der Waals surface area contributed by atoms with Crippen LogP contribution in [-0.2, 0) is 14.3 Å². The number of nitrogens with zero attached hydrogens (tertiary/aromatic N) is 1. The highest BCUT2D eigenvalue weighted by Crippen LogP contribution is 2.14. The van der Waals surface area contributed by atoms with Crippen molar-refractivity contribution in [3.8, 4) is 0 Å². The van der Waals surface area contributed by atoms with Crippen LogP contribution in [0.3, 0.4) is 0 Å². The molecule has 1 atom stereocenters. The highest BCUT2D eigenvalue weighted by atomic mass is 19.4. The molecule has 9 heteroatoms. The van der Waals surface area contributed by atoms with Crippen molar-refractivity contribution in [1.82, 2.24) is 10.2 Å². The minimum Gasteiger partial charge on any atom is -0.372 e. The van der Waals surface area contributed by atoms with Gasteiger partial charge in [-0.3, -0.25) is 9.59 Å². The topological polar surface area (TPSA) is 84.7 Å². The predicted molar refractivity (Wildman–Crippen MR) is 59.1 cm³/mol. The van der Waals surface area contributed by atoms with E-state index in [9.17, 15) is 22.8 Å². The van der Waals surface area contributed by atoms with Crippen molar-refractivity contribution in [2.24, 2.45) is 5.73 Å². The van der Waals surface area contributed by atoms with Crippen molar-refractivity contribution in [1.29, 1.82) is 0 Å². The van der Waals surface area contributed by atoms with Crippen LogP contribution in [0.1, 0.15) is 6.42 Å². The zero-order valence-electron chi connectivity index (χ0n) is 10.2. The molecule has 1 unspecified atom stereocenters. The summed E-state index contributed by atoms with van der Waals surface area (Å²) < 4.78 is 39.8. The number of piperazine rings is 1. The van der Waals surface area contributed by atoms with Gasteiger partial charge in [-0.15, -0.1) is 0 Å². The molecule has 0 aromatic rings. The number of ether oxygens (including phenoxy) is 1. The van der Waals surface area contributed by atoms with Crippen LogP contribution in [0.5, 0.6) is 0 Å². The van der Waals surface area contributed by atoms with E-state index in [1.807, 2.05) is 0 Å². The lowest BCUT2D eigenvalue weighted by atomic mass is 10.1. The van der Waals surface area contributed by atoms with E-state index >= 15 is 0 Å². The molecule has 6 nitrogen and oxygen atoms in total. The number of nitrogens with two attached hydrogens (primary N) is 1. The third kappa shape index (κ3) is 5.43. The van der Waals surface area contributed by atoms with Crippen molar-refractivity contribution in [2.75, 3.05) is 32.8 Å². The largest absolute Gasteiger partial charge is 0.411 e. The molecule has 0 radical (unpaired) electrons. The van der Waals surface area contributed by atoms with Crippen molar-refractivity contribution in [3.05, 3.63) is 0 Å². The Kier molecular flexibility index (Phi) is 5.55. The average molecular weight is 283 g/mol. The number of hydrogen-bond donors (Lipinski definition) is 2. The Labute approximate surface area is 108 Å². The molecular formula is C10H16F3N3O3. The molecule has 110 valence electrons. The van der Waals surface area contributed by atoms with Crippen LogP contribution in [0.15, 0.2) is 0 Å². The Morgan fingerprint density at radius 3 is 2.68 bits per heavy atom. The van der Waals surface area contributed by atoms with Crippen LogP contribution in [0, 0.1) is 0 Å². The maximum absolute atomic E-state index is 11.8. The molecule has 1 heterocycles. The number of alkyl halides is 3. The van der Waals surface area contributed by atoms with Crippen LogP contribution < -0.4 is 11.1 Å². The number of carbonyl (C=O) groups excluding carboxylic acids is 2. The lowest BCUT2D eigenvalue weighted by molar-refractivity contribution is -0.175. The Hall–Kier alpha value is -1.35. The molecular weight excluding hydrogens is 267 g/mol. The first-order valence-corrected chi connectivity index (χ1v) is 5.75. The van der Waals surface area contributed by atoms with Gasteiger partial charge in [0.05, 0.1) is 13.0 Å². The molecule has 1 aliphatic rings. The summed E-state index contributed by atoms with van der Waals surface area (Å²) in [5.74, 6) is -1.08. The lowest BCUT2D eigenvalue weighted by Gasteiger charge is -2.34. The number of primary amides is 1. The van der Waals surface area contributed by atoms with Gasteiger partial charge in [-0.05, 0) is 0 Å². The molecule has 1 fully saturated rings. The number of rotatable bonds is 5. The summed E-state index contributed by atoms with van der Waals surface area (Å²) in [5.41, 5.74) is 5.15. The van der Waals surface area contributed by atoms with Crippen LogP contribution in [0.4, 0.5) is 13.2 Å². The zero-order chi connectivity index (χ0) is 14.5. The van der Waals surface area contributed by atoms with E-state index in [1.54, 1.807) is 0 Å². The number of nitrogens with one attached hydrogen (secondary N) is 1. The first kappa shape index (κ1) is 15.7. The maximum Gasteiger partial charge on any atom is 0.411 e. The van der Waals surface area contributed by atoms with Gasteiger partial charge in [-0.25, -0.2) is 0 Å². The average Bonchev–Trinajstić information content (AvgIpc) is 2.33. The molecule has 0 aromatic heterocycles. The van der Waals surface area contributed by atoms with Gasteiger partial charge < -0.3 is 20.7 Å². The fourth-order valence-corrected chi connectivity index (χ4v) is 1.75. The van der Waals surface area contributed by atoms with E-state index < -0.39 is 30.6 Å². The number of carbonyl (C=O) groups is 2. The summed E-state index contributed by atoms with van der Waals surface area (Å²) in [4.78, 5) is 24.2. The minimum atomic E-state index is -4.41. The Balaban J connectivity index is 2.37. The second-order valence-electron chi connectivity index (χ2n) is 4.13. The smallest absolute Gasteiger partial charge is 0.372 e. The molecule has 0 aliphatic carbocycles. The van der Waals surface area contributed by atoms with Crippen LogP contribution in [-0.4, -0.2) is 61.8 Å². The summed E-state index contributed by atoms with van der Waals surface area (Å²) in [6, 6.07) is -0.760. The molecule has 0 spiro atoms. The summed E-state index contributed by atoms with van der Waals surface area (Å²) in [7, 11) is 0. The molecule has 1 aliphatic heterocycles. The molecule has 1 rings (SSSR count). The quantitative estimate of drug-likeness (QED) is 0.650. The SMILES string of the molecule is NC(=O)C1CNCCN1C(=O)CCOCC(F)(F)F. The third-order valence-corrected chi connectivity index (χ3v) is 2.62. The molecule has 0 aromatic carbocycles. The first-order chi connectivity index (χ1) is 8.81. The maximum atomic E-state index is 11.8. The number of hydrogen-bond acceptors (Lipinski definition) is 4. The monoisotopic (exact) mass is 283 g/mol. The summed E-state index contributed by atoms with van der Waals surface area (Å²) in [5, 5.41) is 2.91. The van der Waals surface area contributed by atoms with E-state index in [4.69, 9.17) is 5.73 Å². The third-order valence-electron chi connectivity index (χ3n) is 2.62. The normalized spacial score (nSPS) is 20.4. The highest BCUT2D eigenvalue weighted by Gasteiger charge is 2.31.